The van der Waals surface area contributed by atoms with E-state index < -0.39 is 30.0 Å². The van der Waals surface area contributed by atoms with Crippen LogP contribution in [-0.4, -0.2) is 33.2 Å². The molecular formula is C16H14F3N3O4. The molecule has 0 radical (unpaired) electrons. The molecule has 1 amide bonds. The minimum atomic E-state index is -4.75. The summed E-state index contributed by atoms with van der Waals surface area (Å²) in [4.78, 5) is 26.5. The molecule has 1 heterocycles. The van der Waals surface area contributed by atoms with Gasteiger partial charge in [0.05, 0.1) is 0 Å². The van der Waals surface area contributed by atoms with Crippen LogP contribution in [0, 0.1) is 0 Å². The predicted octanol–water partition coefficient (Wildman–Crippen LogP) is 2.90. The van der Waals surface area contributed by atoms with Gasteiger partial charge in [-0.2, -0.15) is 18.2 Å². The number of amides is 1. The Morgan fingerprint density at radius 3 is 2.46 bits per heavy atom. The van der Waals surface area contributed by atoms with Gasteiger partial charge in [0.2, 0.25) is 5.82 Å². The summed E-state index contributed by atoms with van der Waals surface area (Å²) in [6.07, 6.45) is -1.35. The van der Waals surface area contributed by atoms with E-state index in [4.69, 9.17) is 5.11 Å². The van der Waals surface area contributed by atoms with Crippen LogP contribution in [0.25, 0.3) is 11.4 Å². The number of halogens is 3. The van der Waals surface area contributed by atoms with E-state index >= 15 is 0 Å². The van der Waals surface area contributed by atoms with Gasteiger partial charge >= 0.3 is 18.0 Å². The van der Waals surface area contributed by atoms with Crippen molar-refractivity contribution in [2.24, 2.45) is 0 Å². The molecule has 0 aliphatic carbocycles. The number of carboxylic acids is 1. The molecule has 1 atom stereocenters. The minimum absolute atomic E-state index is 0.124. The molecule has 0 aliphatic rings. The molecule has 2 N–H and O–H groups in total. The number of nitrogens with zero attached hydrogens (tertiary/aromatic N) is 2. The van der Waals surface area contributed by atoms with Crippen molar-refractivity contribution in [3.8, 4) is 11.4 Å². The summed E-state index contributed by atoms with van der Waals surface area (Å²) < 4.78 is 41.5. The van der Waals surface area contributed by atoms with Crippen molar-refractivity contribution in [1.82, 2.24) is 15.5 Å². The van der Waals surface area contributed by atoms with Crippen molar-refractivity contribution < 1.29 is 32.4 Å². The molecule has 2 aromatic rings. The molecule has 26 heavy (non-hydrogen) atoms. The normalized spacial score (nSPS) is 12.9. The smallest absolute Gasteiger partial charge is 0.471 e. The van der Waals surface area contributed by atoms with Crippen LogP contribution in [0.2, 0.25) is 0 Å². The molecule has 1 unspecified atom stereocenters. The Labute approximate surface area is 145 Å². The Balaban J connectivity index is 2.12. The van der Waals surface area contributed by atoms with Gasteiger partial charge in [-0.3, -0.25) is 4.79 Å². The number of aromatic nitrogens is 2. The van der Waals surface area contributed by atoms with Crippen LogP contribution in [-0.2, 0) is 11.0 Å². The molecule has 138 valence electrons. The molecule has 0 spiro atoms. The lowest BCUT2D eigenvalue weighted by Crippen LogP contribution is -2.40. The van der Waals surface area contributed by atoms with E-state index in [2.05, 4.69) is 20.0 Å². The Kier molecular flexibility index (Phi) is 5.75. The summed E-state index contributed by atoms with van der Waals surface area (Å²) >= 11 is 0. The number of carbonyl (C=O) groups excluding carboxylic acids is 1. The van der Waals surface area contributed by atoms with Gasteiger partial charge in [0, 0.05) is 11.1 Å². The van der Waals surface area contributed by atoms with E-state index in [0.29, 0.717) is 0 Å². The lowest BCUT2D eigenvalue weighted by Gasteiger charge is -2.12. The molecule has 1 aromatic heterocycles. The second-order valence-electron chi connectivity index (χ2n) is 5.17. The topological polar surface area (TPSA) is 105 Å². The first-order chi connectivity index (χ1) is 12.2. The maximum atomic E-state index is 12.5. The molecule has 2 rings (SSSR count). The summed E-state index contributed by atoms with van der Waals surface area (Å²) in [6, 6.07) is 4.22. The fourth-order valence-corrected chi connectivity index (χ4v) is 1.96. The Morgan fingerprint density at radius 2 is 1.96 bits per heavy atom. The van der Waals surface area contributed by atoms with Crippen LogP contribution in [0.3, 0.4) is 0 Å². The Bertz CT molecular complexity index is 813. The number of rotatable bonds is 6. The summed E-state index contributed by atoms with van der Waals surface area (Å²) in [5, 5.41) is 14.7. The van der Waals surface area contributed by atoms with Crippen LogP contribution < -0.4 is 5.32 Å². The fourth-order valence-electron chi connectivity index (χ4n) is 1.96. The van der Waals surface area contributed by atoms with Gasteiger partial charge in [0.15, 0.2) is 0 Å². The standard InChI is InChI=1S/C16H14F3N3O4/c1-2-3-4-11(14(24)25)20-13(23)10-7-5-9(6-8-10)12-21-15(26-22-12)16(17,18)19/h2-3,5-8,11H,4H2,1H3,(H,20,23)(H,24,25)/b3-2+. The first-order valence-electron chi connectivity index (χ1n) is 7.38. The number of nitrogens with one attached hydrogen (secondary N) is 1. The first-order valence-corrected chi connectivity index (χ1v) is 7.38. The fraction of sp³-hybridized carbons (Fsp3) is 0.250. The number of benzene rings is 1. The van der Waals surface area contributed by atoms with Gasteiger partial charge in [-0.1, -0.05) is 29.4 Å². The van der Waals surface area contributed by atoms with Crippen LogP contribution in [0.15, 0.2) is 40.9 Å². The number of carboxylic acid groups (broad SMARTS) is 1. The monoisotopic (exact) mass is 369 g/mol. The zero-order valence-corrected chi connectivity index (χ0v) is 13.4. The molecule has 0 fully saturated rings. The van der Waals surface area contributed by atoms with Crippen LogP contribution in [0.1, 0.15) is 29.6 Å². The van der Waals surface area contributed by atoms with Gasteiger partial charge in [-0.05, 0) is 25.5 Å². The van der Waals surface area contributed by atoms with Crippen molar-refractivity contribution in [3.63, 3.8) is 0 Å². The number of hydrogen-bond donors (Lipinski definition) is 2. The lowest BCUT2D eigenvalue weighted by molar-refractivity contribution is -0.159. The first kappa shape index (κ1) is 19.2. The summed E-state index contributed by atoms with van der Waals surface area (Å²) in [5.41, 5.74) is 0.351. The van der Waals surface area contributed by atoms with Gasteiger partial charge in [0.25, 0.3) is 5.91 Å². The van der Waals surface area contributed by atoms with Crippen molar-refractivity contribution in [2.45, 2.75) is 25.6 Å². The van der Waals surface area contributed by atoms with E-state index in [1.54, 1.807) is 19.1 Å². The molecule has 0 saturated carbocycles. The molecule has 0 saturated heterocycles. The van der Waals surface area contributed by atoms with Gasteiger partial charge in [0.1, 0.15) is 6.04 Å². The third-order valence-electron chi connectivity index (χ3n) is 3.28. The van der Waals surface area contributed by atoms with E-state index in [1.807, 2.05) is 0 Å². The van der Waals surface area contributed by atoms with Crippen LogP contribution in [0.5, 0.6) is 0 Å². The second kappa shape index (κ2) is 7.81. The average Bonchev–Trinajstić information content (AvgIpc) is 3.08. The molecular weight excluding hydrogens is 355 g/mol. The SMILES string of the molecule is C/C=C/CC(NC(=O)c1ccc(-c2noc(C(F)(F)F)n2)cc1)C(=O)O. The number of aliphatic carboxylic acids is 1. The maximum absolute atomic E-state index is 12.5. The Morgan fingerprint density at radius 1 is 1.31 bits per heavy atom. The van der Waals surface area contributed by atoms with E-state index in [9.17, 15) is 22.8 Å². The largest absolute Gasteiger partial charge is 0.480 e. The van der Waals surface area contributed by atoms with E-state index in [0.717, 1.165) is 0 Å². The number of alkyl halides is 3. The molecule has 0 aliphatic heterocycles. The second-order valence-corrected chi connectivity index (χ2v) is 5.17. The highest BCUT2D eigenvalue weighted by molar-refractivity contribution is 5.96. The number of hydrogen-bond acceptors (Lipinski definition) is 5. The van der Waals surface area contributed by atoms with Crippen molar-refractivity contribution >= 4 is 11.9 Å². The third-order valence-corrected chi connectivity index (χ3v) is 3.28. The maximum Gasteiger partial charge on any atom is 0.471 e. The highest BCUT2D eigenvalue weighted by Crippen LogP contribution is 2.29. The molecule has 7 nitrogen and oxygen atoms in total. The van der Waals surface area contributed by atoms with Crippen molar-refractivity contribution in [1.29, 1.82) is 0 Å². The lowest BCUT2D eigenvalue weighted by atomic mass is 10.1. The quantitative estimate of drug-likeness (QED) is 0.759. The Hall–Kier alpha value is -3.17. The van der Waals surface area contributed by atoms with Crippen LogP contribution >= 0.6 is 0 Å². The summed E-state index contributed by atoms with van der Waals surface area (Å²) in [6.45, 7) is 1.72. The number of carbonyl (C=O) groups is 2. The van der Waals surface area contributed by atoms with Crippen molar-refractivity contribution in [3.05, 3.63) is 47.9 Å². The van der Waals surface area contributed by atoms with E-state index in [1.165, 1.54) is 24.3 Å². The number of allylic oxidation sites excluding steroid dienone is 1. The van der Waals surface area contributed by atoms with Gasteiger partial charge in [-0.25, -0.2) is 4.79 Å². The zero-order chi connectivity index (χ0) is 19.3. The predicted molar refractivity (Wildman–Crippen MR) is 83.1 cm³/mol. The zero-order valence-electron chi connectivity index (χ0n) is 13.4. The molecule has 10 heteroatoms. The highest BCUT2D eigenvalue weighted by atomic mass is 19.4. The highest BCUT2D eigenvalue weighted by Gasteiger charge is 2.38. The van der Waals surface area contributed by atoms with Gasteiger partial charge in [-0.15, -0.1) is 0 Å². The van der Waals surface area contributed by atoms with E-state index in [-0.39, 0.29) is 23.4 Å². The average molecular weight is 369 g/mol. The minimum Gasteiger partial charge on any atom is -0.480 e. The third kappa shape index (κ3) is 4.68. The van der Waals surface area contributed by atoms with Gasteiger partial charge < -0.3 is 14.9 Å². The summed E-state index contributed by atoms with van der Waals surface area (Å²) in [5.74, 6) is -3.56. The molecule has 1 aromatic carbocycles. The van der Waals surface area contributed by atoms with Crippen molar-refractivity contribution in [2.75, 3.05) is 0 Å². The van der Waals surface area contributed by atoms with Crippen LogP contribution in [0.4, 0.5) is 13.2 Å². The summed E-state index contributed by atoms with van der Waals surface area (Å²) in [7, 11) is 0. The molecule has 0 bridgehead atoms.